The average molecular weight is 372 g/mol. The third-order valence-electron chi connectivity index (χ3n) is 5.10. The molecule has 118 valence electrons. The maximum absolute atomic E-state index is 13.0. The number of hydrogen-bond acceptors (Lipinski definition) is 2. The number of hydrogen-bond donors (Lipinski definition) is 0. The number of carbonyl (C=O) groups excluding carboxylic acids is 1. The molecule has 1 amide bonds. The molecule has 4 rings (SSSR count). The molecule has 0 radical (unpaired) electrons. The molecule has 0 unspecified atom stereocenters. The van der Waals surface area contributed by atoms with Crippen LogP contribution in [-0.2, 0) is 10.3 Å². The van der Waals surface area contributed by atoms with Gasteiger partial charge in [-0.3, -0.25) is 9.69 Å². The number of para-hydroxylation sites is 1. The molecule has 0 saturated heterocycles. The van der Waals surface area contributed by atoms with Crippen LogP contribution in [-0.4, -0.2) is 5.91 Å². The fraction of sp³-hybridized carbons (Fsp3) is 0.316. The van der Waals surface area contributed by atoms with Crippen molar-refractivity contribution in [2.24, 2.45) is 0 Å². The number of halogens is 1. The van der Waals surface area contributed by atoms with Crippen LogP contribution in [0.25, 0.3) is 0 Å². The fourth-order valence-electron chi connectivity index (χ4n) is 3.80. The standard InChI is InChI=1S/C19H18BrNO2/c1-3-19(4-2)15-7-5-6-8-16(15)21-17(22)14-11-12(20)9-10-13(14)18(21)23-19/h5-11,18H,3-4H2,1-2H3/t18-/m1/s1. The lowest BCUT2D eigenvalue weighted by atomic mass is 9.85. The molecule has 0 aromatic heterocycles. The predicted molar refractivity (Wildman–Crippen MR) is 93.5 cm³/mol. The average Bonchev–Trinajstić information content (AvgIpc) is 2.86. The van der Waals surface area contributed by atoms with Crippen LogP contribution in [0.2, 0.25) is 0 Å². The number of amides is 1. The van der Waals surface area contributed by atoms with Crippen LogP contribution < -0.4 is 4.90 Å². The predicted octanol–water partition coefficient (Wildman–Crippen LogP) is 5.15. The van der Waals surface area contributed by atoms with E-state index < -0.39 is 0 Å². The number of rotatable bonds is 2. The SMILES string of the molecule is CCC1(CC)O[C@@H]2c3ccc(Br)cc3C(=O)N2c2ccccc21. The van der Waals surface area contributed by atoms with E-state index in [9.17, 15) is 4.79 Å². The summed E-state index contributed by atoms with van der Waals surface area (Å²) in [5, 5.41) is 0. The lowest BCUT2D eigenvalue weighted by molar-refractivity contribution is -0.111. The molecule has 2 aromatic rings. The van der Waals surface area contributed by atoms with Crippen molar-refractivity contribution in [1.82, 2.24) is 0 Å². The molecule has 3 nitrogen and oxygen atoms in total. The van der Waals surface area contributed by atoms with Gasteiger partial charge in [0, 0.05) is 21.2 Å². The summed E-state index contributed by atoms with van der Waals surface area (Å²) in [7, 11) is 0. The van der Waals surface area contributed by atoms with E-state index in [1.165, 1.54) is 0 Å². The number of carbonyl (C=O) groups is 1. The van der Waals surface area contributed by atoms with Crippen LogP contribution in [0.15, 0.2) is 46.9 Å². The van der Waals surface area contributed by atoms with Crippen molar-refractivity contribution in [2.45, 2.75) is 38.5 Å². The highest BCUT2D eigenvalue weighted by molar-refractivity contribution is 9.10. The zero-order valence-corrected chi connectivity index (χ0v) is 14.8. The first-order valence-corrected chi connectivity index (χ1v) is 8.81. The van der Waals surface area contributed by atoms with Gasteiger partial charge in [0.05, 0.1) is 11.3 Å². The molecule has 4 heteroatoms. The van der Waals surface area contributed by atoms with Gasteiger partial charge in [-0.05, 0) is 31.0 Å². The molecular formula is C19H18BrNO2. The van der Waals surface area contributed by atoms with Gasteiger partial charge in [0.15, 0.2) is 6.23 Å². The first-order chi connectivity index (χ1) is 11.1. The summed E-state index contributed by atoms with van der Waals surface area (Å²) in [4.78, 5) is 14.8. The van der Waals surface area contributed by atoms with Crippen molar-refractivity contribution in [1.29, 1.82) is 0 Å². The second-order valence-electron chi connectivity index (χ2n) is 6.10. The minimum absolute atomic E-state index is 0.0135. The highest BCUT2D eigenvalue weighted by Crippen LogP contribution is 2.52. The summed E-state index contributed by atoms with van der Waals surface area (Å²) in [5.74, 6) is 0.0135. The smallest absolute Gasteiger partial charge is 0.261 e. The molecule has 2 heterocycles. The van der Waals surface area contributed by atoms with E-state index in [1.54, 1.807) is 4.90 Å². The Morgan fingerprint density at radius 3 is 2.65 bits per heavy atom. The Hall–Kier alpha value is -1.65. The molecule has 0 aliphatic carbocycles. The van der Waals surface area contributed by atoms with Crippen molar-refractivity contribution in [2.75, 3.05) is 4.90 Å². The van der Waals surface area contributed by atoms with Gasteiger partial charge in [0.1, 0.15) is 0 Å². The maximum atomic E-state index is 13.0. The second-order valence-corrected chi connectivity index (χ2v) is 7.01. The van der Waals surface area contributed by atoms with Gasteiger partial charge in [-0.1, -0.05) is 54.0 Å². The van der Waals surface area contributed by atoms with Crippen LogP contribution in [0.4, 0.5) is 5.69 Å². The monoisotopic (exact) mass is 371 g/mol. The largest absolute Gasteiger partial charge is 0.342 e. The third-order valence-corrected chi connectivity index (χ3v) is 5.59. The first kappa shape index (κ1) is 14.9. The lowest BCUT2D eigenvalue weighted by Crippen LogP contribution is -2.43. The Bertz CT molecular complexity index is 798. The molecule has 0 fully saturated rings. The summed E-state index contributed by atoms with van der Waals surface area (Å²) >= 11 is 3.46. The topological polar surface area (TPSA) is 29.5 Å². The van der Waals surface area contributed by atoms with Gasteiger partial charge in [-0.25, -0.2) is 0 Å². The Morgan fingerprint density at radius 2 is 1.91 bits per heavy atom. The van der Waals surface area contributed by atoms with Gasteiger partial charge >= 0.3 is 0 Å². The lowest BCUT2D eigenvalue weighted by Gasteiger charge is -2.45. The Labute approximate surface area is 144 Å². The Balaban J connectivity index is 1.96. The molecule has 0 spiro atoms. The summed E-state index contributed by atoms with van der Waals surface area (Å²) in [5.41, 5.74) is 3.43. The van der Waals surface area contributed by atoms with Gasteiger partial charge in [-0.15, -0.1) is 0 Å². The van der Waals surface area contributed by atoms with E-state index in [0.717, 1.165) is 39.7 Å². The molecule has 23 heavy (non-hydrogen) atoms. The Morgan fingerprint density at radius 1 is 1.17 bits per heavy atom. The molecule has 0 saturated carbocycles. The van der Waals surface area contributed by atoms with E-state index >= 15 is 0 Å². The zero-order valence-electron chi connectivity index (χ0n) is 13.2. The molecule has 0 bridgehead atoms. The first-order valence-electron chi connectivity index (χ1n) is 8.01. The van der Waals surface area contributed by atoms with E-state index in [4.69, 9.17) is 4.74 Å². The van der Waals surface area contributed by atoms with Crippen LogP contribution in [0.5, 0.6) is 0 Å². The van der Waals surface area contributed by atoms with Crippen molar-refractivity contribution in [3.8, 4) is 0 Å². The van der Waals surface area contributed by atoms with Gasteiger partial charge < -0.3 is 4.74 Å². The minimum Gasteiger partial charge on any atom is -0.342 e. The van der Waals surface area contributed by atoms with Crippen LogP contribution in [0.3, 0.4) is 0 Å². The Kier molecular flexibility index (Phi) is 3.36. The van der Waals surface area contributed by atoms with E-state index in [1.807, 2.05) is 36.4 Å². The quantitative estimate of drug-likeness (QED) is 0.729. The van der Waals surface area contributed by atoms with Crippen molar-refractivity contribution >= 4 is 27.5 Å². The zero-order chi connectivity index (χ0) is 16.2. The minimum atomic E-state index is -0.341. The maximum Gasteiger partial charge on any atom is 0.261 e. The number of fused-ring (bicyclic) bond motifs is 5. The van der Waals surface area contributed by atoms with Crippen LogP contribution >= 0.6 is 15.9 Å². The van der Waals surface area contributed by atoms with Crippen molar-refractivity contribution in [3.05, 3.63) is 63.6 Å². The second kappa shape index (κ2) is 5.18. The van der Waals surface area contributed by atoms with Crippen LogP contribution in [0.1, 0.15) is 54.4 Å². The highest BCUT2D eigenvalue weighted by atomic mass is 79.9. The molecule has 2 aliphatic rings. The van der Waals surface area contributed by atoms with E-state index in [-0.39, 0.29) is 17.7 Å². The number of nitrogens with zero attached hydrogens (tertiary/aromatic N) is 1. The molecular weight excluding hydrogens is 354 g/mol. The van der Waals surface area contributed by atoms with Crippen molar-refractivity contribution < 1.29 is 9.53 Å². The third kappa shape index (κ3) is 1.95. The summed E-state index contributed by atoms with van der Waals surface area (Å²) < 4.78 is 7.46. The fourth-order valence-corrected chi connectivity index (χ4v) is 4.16. The van der Waals surface area contributed by atoms with Crippen LogP contribution in [0, 0.1) is 0 Å². The van der Waals surface area contributed by atoms with E-state index in [0.29, 0.717) is 0 Å². The normalized spacial score (nSPS) is 20.9. The summed E-state index contributed by atoms with van der Waals surface area (Å²) in [6, 6.07) is 14.0. The molecule has 1 atom stereocenters. The molecule has 0 N–H and O–H groups in total. The number of anilines is 1. The van der Waals surface area contributed by atoms with Gasteiger partial charge in [0.25, 0.3) is 5.91 Å². The molecule has 2 aliphatic heterocycles. The number of benzene rings is 2. The van der Waals surface area contributed by atoms with E-state index in [2.05, 4.69) is 35.8 Å². The van der Waals surface area contributed by atoms with Gasteiger partial charge in [0.2, 0.25) is 0 Å². The molecule has 2 aromatic carbocycles. The number of ether oxygens (including phenoxy) is 1. The van der Waals surface area contributed by atoms with Crippen molar-refractivity contribution in [3.63, 3.8) is 0 Å². The van der Waals surface area contributed by atoms with Gasteiger partial charge in [-0.2, -0.15) is 0 Å². The highest BCUT2D eigenvalue weighted by Gasteiger charge is 2.49. The summed E-state index contributed by atoms with van der Waals surface area (Å²) in [6.07, 6.45) is 1.43. The summed E-state index contributed by atoms with van der Waals surface area (Å²) in [6.45, 7) is 4.30.